The molecule has 0 unspecified atom stereocenters. The third-order valence-corrected chi connectivity index (χ3v) is 4.77. The molecule has 132 valence electrons. The maximum Gasteiger partial charge on any atom is 0.192 e. The van der Waals surface area contributed by atoms with Crippen molar-refractivity contribution in [3.8, 4) is 11.4 Å². The molecule has 26 heavy (non-hydrogen) atoms. The van der Waals surface area contributed by atoms with Crippen molar-refractivity contribution in [1.29, 1.82) is 0 Å². The molecule has 0 atom stereocenters. The van der Waals surface area contributed by atoms with E-state index in [1.165, 1.54) is 36.0 Å². The fourth-order valence-electron chi connectivity index (χ4n) is 2.54. The molecule has 1 heterocycles. The number of carbonyl (C=O) groups is 1. The molecule has 0 saturated heterocycles. The van der Waals surface area contributed by atoms with Crippen LogP contribution in [0.15, 0.2) is 66.3 Å². The summed E-state index contributed by atoms with van der Waals surface area (Å²) in [6.07, 6.45) is 1.77. The summed E-state index contributed by atoms with van der Waals surface area (Å²) < 4.78 is 14.9. The van der Waals surface area contributed by atoms with Gasteiger partial charge in [0.15, 0.2) is 16.8 Å². The predicted octanol–water partition coefficient (Wildman–Crippen LogP) is 4.55. The Labute approximate surface area is 155 Å². The van der Waals surface area contributed by atoms with E-state index in [2.05, 4.69) is 16.8 Å². The standard InChI is InChI=1S/C20H18FN3OS/c1-3-11-24-19(16-6-4-5-14(2)12-16)22-23-20(24)26-13-18(25)15-7-9-17(21)10-8-15/h3-10,12H,1,11,13H2,2H3. The van der Waals surface area contributed by atoms with E-state index >= 15 is 0 Å². The molecule has 4 nitrogen and oxygen atoms in total. The summed E-state index contributed by atoms with van der Waals surface area (Å²) in [7, 11) is 0. The van der Waals surface area contributed by atoms with E-state index in [1.807, 2.05) is 35.8 Å². The number of hydrogen-bond donors (Lipinski definition) is 0. The Morgan fingerprint density at radius 1 is 1.23 bits per heavy atom. The van der Waals surface area contributed by atoms with Crippen molar-refractivity contribution < 1.29 is 9.18 Å². The Kier molecular flexibility index (Phi) is 5.63. The molecule has 3 aromatic rings. The first-order valence-electron chi connectivity index (χ1n) is 8.11. The number of hydrogen-bond acceptors (Lipinski definition) is 4. The quantitative estimate of drug-likeness (QED) is 0.349. The topological polar surface area (TPSA) is 47.8 Å². The van der Waals surface area contributed by atoms with Crippen LogP contribution in [0.3, 0.4) is 0 Å². The van der Waals surface area contributed by atoms with E-state index in [-0.39, 0.29) is 17.4 Å². The highest BCUT2D eigenvalue weighted by molar-refractivity contribution is 7.99. The SMILES string of the molecule is C=CCn1c(SCC(=O)c2ccc(F)cc2)nnc1-c1cccc(C)c1. The maximum atomic E-state index is 13.0. The highest BCUT2D eigenvalue weighted by Crippen LogP contribution is 2.25. The Balaban J connectivity index is 1.80. The molecule has 0 aliphatic heterocycles. The zero-order chi connectivity index (χ0) is 18.5. The number of benzene rings is 2. The molecule has 0 spiro atoms. The van der Waals surface area contributed by atoms with Crippen LogP contribution in [0.25, 0.3) is 11.4 Å². The van der Waals surface area contributed by atoms with Crippen LogP contribution in [0.4, 0.5) is 4.39 Å². The van der Waals surface area contributed by atoms with Crippen molar-refractivity contribution in [3.63, 3.8) is 0 Å². The number of nitrogens with zero attached hydrogens (tertiary/aromatic N) is 3. The largest absolute Gasteiger partial charge is 0.298 e. The minimum atomic E-state index is -0.359. The number of Topliss-reactive ketones (excluding diaryl/α,β-unsaturated/α-hetero) is 1. The van der Waals surface area contributed by atoms with Gasteiger partial charge in [-0.15, -0.1) is 16.8 Å². The van der Waals surface area contributed by atoms with Crippen LogP contribution in [-0.2, 0) is 6.54 Å². The lowest BCUT2D eigenvalue weighted by Crippen LogP contribution is -2.05. The van der Waals surface area contributed by atoms with Crippen LogP contribution in [0.1, 0.15) is 15.9 Å². The normalized spacial score (nSPS) is 10.7. The van der Waals surface area contributed by atoms with Gasteiger partial charge >= 0.3 is 0 Å². The molecule has 0 bridgehead atoms. The number of ketones is 1. The average molecular weight is 367 g/mol. The third-order valence-electron chi connectivity index (χ3n) is 3.80. The van der Waals surface area contributed by atoms with Gasteiger partial charge in [-0.25, -0.2) is 4.39 Å². The number of aromatic nitrogens is 3. The van der Waals surface area contributed by atoms with Crippen molar-refractivity contribution in [3.05, 3.63) is 78.1 Å². The van der Waals surface area contributed by atoms with Gasteiger partial charge in [0.25, 0.3) is 0 Å². The Bertz CT molecular complexity index is 934. The molecule has 0 saturated carbocycles. The summed E-state index contributed by atoms with van der Waals surface area (Å²) in [5.74, 6) is 0.502. The smallest absolute Gasteiger partial charge is 0.192 e. The minimum Gasteiger partial charge on any atom is -0.298 e. The van der Waals surface area contributed by atoms with Crippen molar-refractivity contribution in [2.24, 2.45) is 0 Å². The summed E-state index contributed by atoms with van der Waals surface area (Å²) in [4.78, 5) is 12.3. The molecule has 0 aliphatic carbocycles. The van der Waals surface area contributed by atoms with Crippen LogP contribution in [-0.4, -0.2) is 26.3 Å². The van der Waals surface area contributed by atoms with Crippen LogP contribution in [0, 0.1) is 12.7 Å². The molecular formula is C20H18FN3OS. The first-order valence-corrected chi connectivity index (χ1v) is 9.09. The van der Waals surface area contributed by atoms with E-state index < -0.39 is 0 Å². The monoisotopic (exact) mass is 367 g/mol. The van der Waals surface area contributed by atoms with Crippen LogP contribution in [0.2, 0.25) is 0 Å². The fourth-order valence-corrected chi connectivity index (χ4v) is 3.38. The van der Waals surface area contributed by atoms with Crippen molar-refractivity contribution >= 4 is 17.5 Å². The predicted molar refractivity (Wildman–Crippen MR) is 102 cm³/mol. The molecule has 6 heteroatoms. The molecule has 0 radical (unpaired) electrons. The van der Waals surface area contributed by atoms with E-state index in [0.29, 0.717) is 17.3 Å². The van der Waals surface area contributed by atoms with Gasteiger partial charge in [-0.05, 0) is 37.3 Å². The summed E-state index contributed by atoms with van der Waals surface area (Å²) in [5, 5.41) is 9.18. The second-order valence-corrected chi connectivity index (χ2v) is 6.74. The van der Waals surface area contributed by atoms with E-state index in [1.54, 1.807) is 6.08 Å². The number of carbonyl (C=O) groups excluding carboxylic acids is 1. The molecule has 0 aliphatic rings. The van der Waals surface area contributed by atoms with E-state index in [0.717, 1.165) is 17.0 Å². The lowest BCUT2D eigenvalue weighted by molar-refractivity contribution is 0.102. The molecule has 1 aromatic heterocycles. The molecule has 2 aromatic carbocycles. The lowest BCUT2D eigenvalue weighted by atomic mass is 10.1. The molecule has 0 N–H and O–H groups in total. The highest BCUT2D eigenvalue weighted by Gasteiger charge is 2.15. The van der Waals surface area contributed by atoms with Crippen molar-refractivity contribution in [2.45, 2.75) is 18.6 Å². The number of rotatable bonds is 7. The minimum absolute atomic E-state index is 0.0831. The van der Waals surface area contributed by atoms with Gasteiger partial charge in [-0.2, -0.15) is 0 Å². The van der Waals surface area contributed by atoms with Gasteiger partial charge in [-0.3, -0.25) is 9.36 Å². The lowest BCUT2D eigenvalue weighted by Gasteiger charge is -2.08. The Morgan fingerprint density at radius 2 is 2.00 bits per heavy atom. The summed E-state index contributed by atoms with van der Waals surface area (Å²) in [6, 6.07) is 13.6. The zero-order valence-corrected chi connectivity index (χ0v) is 15.2. The number of allylic oxidation sites excluding steroid dienone is 1. The molecule has 3 rings (SSSR count). The average Bonchev–Trinajstić information content (AvgIpc) is 3.03. The van der Waals surface area contributed by atoms with E-state index in [9.17, 15) is 9.18 Å². The van der Waals surface area contributed by atoms with Crippen molar-refractivity contribution in [2.75, 3.05) is 5.75 Å². The molecule has 0 fully saturated rings. The first kappa shape index (κ1) is 18.1. The maximum absolute atomic E-state index is 13.0. The summed E-state index contributed by atoms with van der Waals surface area (Å²) in [5.41, 5.74) is 2.58. The van der Waals surface area contributed by atoms with Crippen LogP contribution >= 0.6 is 11.8 Å². The summed E-state index contributed by atoms with van der Waals surface area (Å²) >= 11 is 1.31. The van der Waals surface area contributed by atoms with Gasteiger partial charge in [0.2, 0.25) is 0 Å². The van der Waals surface area contributed by atoms with Gasteiger partial charge < -0.3 is 0 Å². The number of thioether (sulfide) groups is 1. The number of aryl methyl sites for hydroxylation is 1. The van der Waals surface area contributed by atoms with Gasteiger partial charge in [-0.1, -0.05) is 41.6 Å². The zero-order valence-electron chi connectivity index (χ0n) is 14.4. The van der Waals surface area contributed by atoms with Crippen LogP contribution in [0.5, 0.6) is 0 Å². The van der Waals surface area contributed by atoms with E-state index in [4.69, 9.17) is 0 Å². The van der Waals surface area contributed by atoms with Gasteiger partial charge in [0, 0.05) is 17.7 Å². The fraction of sp³-hybridized carbons (Fsp3) is 0.150. The Morgan fingerprint density at radius 3 is 2.69 bits per heavy atom. The highest BCUT2D eigenvalue weighted by atomic mass is 32.2. The molecular weight excluding hydrogens is 349 g/mol. The second kappa shape index (κ2) is 8.10. The Hall–Kier alpha value is -2.73. The third kappa shape index (κ3) is 4.08. The van der Waals surface area contributed by atoms with Crippen LogP contribution < -0.4 is 0 Å². The van der Waals surface area contributed by atoms with Gasteiger partial charge in [0.05, 0.1) is 5.75 Å². The number of halogens is 1. The molecule has 0 amide bonds. The van der Waals surface area contributed by atoms with Gasteiger partial charge in [0.1, 0.15) is 5.82 Å². The second-order valence-electron chi connectivity index (χ2n) is 5.79. The van der Waals surface area contributed by atoms with Crippen molar-refractivity contribution in [1.82, 2.24) is 14.8 Å². The summed E-state index contributed by atoms with van der Waals surface area (Å²) in [6.45, 7) is 6.36. The first-order chi connectivity index (χ1) is 12.6.